The van der Waals surface area contributed by atoms with Crippen LogP contribution in [0.3, 0.4) is 0 Å². The van der Waals surface area contributed by atoms with Gasteiger partial charge in [0, 0.05) is 7.05 Å². The molecule has 0 fully saturated rings. The summed E-state index contributed by atoms with van der Waals surface area (Å²) < 4.78 is 30.9. The van der Waals surface area contributed by atoms with Crippen molar-refractivity contribution in [3.8, 4) is 5.75 Å². The number of hydrogen-bond acceptors (Lipinski definition) is 3. The lowest BCUT2D eigenvalue weighted by molar-refractivity contribution is 0.200. The molecule has 0 radical (unpaired) electrons. The first-order chi connectivity index (χ1) is 8.01. The zero-order valence-corrected chi connectivity index (χ0v) is 11.5. The smallest absolute Gasteiger partial charge is 0.246 e. The van der Waals surface area contributed by atoms with Crippen molar-refractivity contribution in [1.82, 2.24) is 4.31 Å². The Kier molecular flexibility index (Phi) is 4.54. The van der Waals surface area contributed by atoms with Crippen LogP contribution in [0.1, 0.15) is 20.8 Å². The molecule has 0 spiro atoms. The Bertz CT molecular complexity index is 470. The van der Waals surface area contributed by atoms with Crippen LogP contribution in [0.5, 0.6) is 5.75 Å². The van der Waals surface area contributed by atoms with E-state index in [4.69, 9.17) is 4.74 Å². The number of rotatable bonds is 0. The summed E-state index contributed by atoms with van der Waals surface area (Å²) in [5, 5.41) is 0. The molecule has 2 rings (SSSR count). The Labute approximate surface area is 103 Å². The fraction of sp³-hybridized carbons (Fsp3) is 0.500. The van der Waals surface area contributed by atoms with Crippen LogP contribution in [0, 0.1) is 0 Å². The summed E-state index contributed by atoms with van der Waals surface area (Å²) in [6.07, 6.45) is -0.131. The topological polar surface area (TPSA) is 46.6 Å². The van der Waals surface area contributed by atoms with Crippen LogP contribution in [0.4, 0.5) is 0 Å². The van der Waals surface area contributed by atoms with Crippen LogP contribution < -0.4 is 4.74 Å². The fourth-order valence-electron chi connectivity index (χ4n) is 1.64. The van der Waals surface area contributed by atoms with Gasteiger partial charge in [0.25, 0.3) is 0 Å². The summed E-state index contributed by atoms with van der Waals surface area (Å²) in [7, 11) is -1.82. The van der Waals surface area contributed by atoms with Gasteiger partial charge >= 0.3 is 0 Å². The second kappa shape index (κ2) is 5.51. The van der Waals surface area contributed by atoms with Crippen molar-refractivity contribution in [3.05, 3.63) is 24.3 Å². The van der Waals surface area contributed by atoms with E-state index in [1.807, 2.05) is 20.8 Å². The van der Waals surface area contributed by atoms with Gasteiger partial charge < -0.3 is 4.74 Å². The van der Waals surface area contributed by atoms with Crippen molar-refractivity contribution in [3.63, 3.8) is 0 Å². The molecule has 0 aromatic heterocycles. The lowest BCUT2D eigenvalue weighted by atomic mass is 10.3. The van der Waals surface area contributed by atoms with Gasteiger partial charge in [-0.25, -0.2) is 8.42 Å². The quantitative estimate of drug-likeness (QED) is 0.715. The molecule has 1 heterocycles. The summed E-state index contributed by atoms with van der Waals surface area (Å²) in [5.74, 6) is 0.439. The van der Waals surface area contributed by atoms with Crippen molar-refractivity contribution in [1.29, 1.82) is 0 Å². The van der Waals surface area contributed by atoms with Crippen molar-refractivity contribution < 1.29 is 13.2 Å². The van der Waals surface area contributed by atoms with Gasteiger partial charge in [-0.2, -0.15) is 4.31 Å². The summed E-state index contributed by atoms with van der Waals surface area (Å²) in [6, 6.07) is 6.72. The summed E-state index contributed by atoms with van der Waals surface area (Å²) in [5.41, 5.74) is 0. The van der Waals surface area contributed by atoms with E-state index in [0.717, 1.165) is 0 Å². The zero-order chi connectivity index (χ0) is 13.1. The summed E-state index contributed by atoms with van der Waals surface area (Å²) >= 11 is 0. The number of ether oxygens (including phenoxy) is 1. The Balaban J connectivity index is 0.000000686. The van der Waals surface area contributed by atoms with Gasteiger partial charge in [0.15, 0.2) is 0 Å². The largest absolute Gasteiger partial charge is 0.488 e. The van der Waals surface area contributed by atoms with E-state index in [9.17, 15) is 8.42 Å². The molecule has 5 heteroatoms. The lowest BCUT2D eigenvalue weighted by Gasteiger charge is -2.15. The molecular weight excluding hydrogens is 238 g/mol. The first-order valence-electron chi connectivity index (χ1n) is 5.74. The molecule has 1 aromatic carbocycles. The van der Waals surface area contributed by atoms with Gasteiger partial charge in [0.2, 0.25) is 10.0 Å². The molecule has 0 bridgehead atoms. The molecule has 0 aliphatic carbocycles. The van der Waals surface area contributed by atoms with E-state index in [0.29, 0.717) is 12.3 Å². The molecule has 0 saturated heterocycles. The standard InChI is InChI=1S/C10H13NO3S.C2H6/c1-8-7-11(2)15(12,13)10-6-4-3-5-9(10)14-8;1-2/h3-6,8H,7H2,1-2H3;1-2H3. The second-order valence-corrected chi connectivity index (χ2v) is 5.67. The first kappa shape index (κ1) is 14.0. The molecule has 0 saturated carbocycles. The maximum atomic E-state index is 12.0. The van der Waals surface area contributed by atoms with Crippen molar-refractivity contribution in [2.45, 2.75) is 31.8 Å². The van der Waals surface area contributed by atoms with Gasteiger partial charge in [-0.1, -0.05) is 26.0 Å². The molecule has 1 atom stereocenters. The highest BCUT2D eigenvalue weighted by Crippen LogP contribution is 2.29. The third kappa shape index (κ3) is 2.79. The minimum atomic E-state index is -3.38. The Morgan fingerprint density at radius 1 is 1.29 bits per heavy atom. The van der Waals surface area contributed by atoms with Crippen molar-refractivity contribution in [2.75, 3.05) is 13.6 Å². The SMILES string of the molecule is CC.CC1CN(C)S(=O)(=O)c2ccccc2O1. The van der Waals surface area contributed by atoms with Crippen LogP contribution in [0.25, 0.3) is 0 Å². The monoisotopic (exact) mass is 257 g/mol. The molecule has 1 aromatic rings. The molecule has 17 heavy (non-hydrogen) atoms. The highest BCUT2D eigenvalue weighted by atomic mass is 32.2. The summed E-state index contributed by atoms with van der Waals surface area (Å²) in [6.45, 7) is 6.23. The number of para-hydroxylation sites is 1. The van der Waals surface area contributed by atoms with E-state index in [1.54, 1.807) is 31.3 Å². The van der Waals surface area contributed by atoms with E-state index in [-0.39, 0.29) is 11.0 Å². The van der Waals surface area contributed by atoms with Crippen LogP contribution in [0.2, 0.25) is 0 Å². The number of benzene rings is 1. The van der Waals surface area contributed by atoms with Gasteiger partial charge in [-0.05, 0) is 19.1 Å². The number of fused-ring (bicyclic) bond motifs is 1. The van der Waals surface area contributed by atoms with E-state index < -0.39 is 10.0 Å². The molecule has 1 unspecified atom stereocenters. The second-order valence-electron chi connectivity index (χ2n) is 3.66. The van der Waals surface area contributed by atoms with Crippen LogP contribution >= 0.6 is 0 Å². The maximum Gasteiger partial charge on any atom is 0.246 e. The predicted molar refractivity (Wildman–Crippen MR) is 67.7 cm³/mol. The predicted octanol–water partition coefficient (Wildman–Crippen LogP) is 2.11. The Hall–Kier alpha value is -1.07. The van der Waals surface area contributed by atoms with E-state index in [1.165, 1.54) is 4.31 Å². The number of likely N-dealkylation sites (N-methyl/N-ethyl adjacent to an activating group) is 1. The van der Waals surface area contributed by atoms with Gasteiger partial charge in [-0.3, -0.25) is 0 Å². The molecule has 1 aliphatic heterocycles. The highest BCUT2D eigenvalue weighted by Gasteiger charge is 2.30. The molecule has 96 valence electrons. The summed E-state index contributed by atoms with van der Waals surface area (Å²) in [4.78, 5) is 0.247. The molecule has 1 aliphatic rings. The van der Waals surface area contributed by atoms with Crippen LogP contribution in [-0.2, 0) is 10.0 Å². The lowest BCUT2D eigenvalue weighted by Crippen LogP contribution is -2.32. The van der Waals surface area contributed by atoms with E-state index in [2.05, 4.69) is 0 Å². The highest BCUT2D eigenvalue weighted by molar-refractivity contribution is 7.89. The first-order valence-corrected chi connectivity index (χ1v) is 7.18. The number of hydrogen-bond donors (Lipinski definition) is 0. The van der Waals surface area contributed by atoms with Crippen LogP contribution in [-0.4, -0.2) is 32.4 Å². The third-order valence-corrected chi connectivity index (χ3v) is 4.24. The molecular formula is C12H19NO3S. The number of nitrogens with zero attached hydrogens (tertiary/aromatic N) is 1. The fourth-order valence-corrected chi connectivity index (χ4v) is 3.01. The van der Waals surface area contributed by atoms with Crippen LogP contribution in [0.15, 0.2) is 29.2 Å². The zero-order valence-electron chi connectivity index (χ0n) is 10.7. The molecule has 0 N–H and O–H groups in total. The average molecular weight is 257 g/mol. The molecule has 4 nitrogen and oxygen atoms in total. The normalized spacial score (nSPS) is 22.5. The van der Waals surface area contributed by atoms with E-state index >= 15 is 0 Å². The van der Waals surface area contributed by atoms with Gasteiger partial charge in [0.05, 0.1) is 6.54 Å². The third-order valence-electron chi connectivity index (χ3n) is 2.38. The van der Waals surface area contributed by atoms with Crippen molar-refractivity contribution in [2.24, 2.45) is 0 Å². The van der Waals surface area contributed by atoms with Gasteiger partial charge in [-0.15, -0.1) is 0 Å². The van der Waals surface area contributed by atoms with Crippen molar-refractivity contribution >= 4 is 10.0 Å². The average Bonchev–Trinajstić information content (AvgIpc) is 2.39. The maximum absolute atomic E-state index is 12.0. The Morgan fingerprint density at radius 3 is 2.53 bits per heavy atom. The number of sulfonamides is 1. The minimum Gasteiger partial charge on any atom is -0.488 e. The minimum absolute atomic E-state index is 0.131. The van der Waals surface area contributed by atoms with Gasteiger partial charge in [0.1, 0.15) is 16.7 Å². The molecule has 0 amide bonds. The Morgan fingerprint density at radius 2 is 1.88 bits per heavy atom.